The van der Waals surface area contributed by atoms with E-state index in [1.54, 1.807) is 19.1 Å². The summed E-state index contributed by atoms with van der Waals surface area (Å²) < 4.78 is 28.5. The molecule has 0 fully saturated rings. The summed E-state index contributed by atoms with van der Waals surface area (Å²) >= 11 is 0. The molecular formula is C18H22N2O3S. The van der Waals surface area contributed by atoms with Gasteiger partial charge in [-0.1, -0.05) is 36.4 Å². The zero-order chi connectivity index (χ0) is 18.0. The molecule has 2 rings (SSSR count). The molecule has 0 bridgehead atoms. The Morgan fingerprint density at radius 1 is 1.04 bits per heavy atom. The number of benzene rings is 2. The average Bonchev–Trinajstić information content (AvgIpc) is 2.48. The van der Waals surface area contributed by atoms with E-state index in [2.05, 4.69) is 10.0 Å². The van der Waals surface area contributed by atoms with Crippen molar-refractivity contribution in [2.75, 3.05) is 5.32 Å². The van der Waals surface area contributed by atoms with Crippen molar-refractivity contribution in [3.63, 3.8) is 0 Å². The van der Waals surface area contributed by atoms with Crippen LogP contribution >= 0.6 is 0 Å². The number of rotatable bonds is 5. The zero-order valence-corrected chi connectivity index (χ0v) is 15.1. The molecule has 0 saturated heterocycles. The van der Waals surface area contributed by atoms with Crippen molar-refractivity contribution in [3.8, 4) is 0 Å². The zero-order valence-electron chi connectivity index (χ0n) is 14.3. The Labute approximate surface area is 143 Å². The number of carbonyl (C=O) groups is 1. The van der Waals surface area contributed by atoms with Gasteiger partial charge in [-0.3, -0.25) is 4.79 Å². The fraction of sp³-hybridized carbons (Fsp3) is 0.278. The summed E-state index contributed by atoms with van der Waals surface area (Å²) in [6, 6.07) is 14.2. The van der Waals surface area contributed by atoms with Crippen LogP contribution in [-0.2, 0) is 20.4 Å². The van der Waals surface area contributed by atoms with E-state index in [0.29, 0.717) is 11.3 Å². The largest absolute Gasteiger partial charge is 0.326 e. The molecule has 2 aromatic carbocycles. The number of sulfonamides is 1. The van der Waals surface area contributed by atoms with Crippen molar-refractivity contribution in [1.29, 1.82) is 0 Å². The number of anilines is 1. The van der Waals surface area contributed by atoms with Gasteiger partial charge in [0.1, 0.15) is 0 Å². The second-order valence-corrected chi connectivity index (χ2v) is 7.91. The monoisotopic (exact) mass is 346 g/mol. The van der Waals surface area contributed by atoms with Crippen LogP contribution in [0.15, 0.2) is 53.4 Å². The lowest BCUT2D eigenvalue weighted by atomic mass is 9.96. The van der Waals surface area contributed by atoms with Crippen LogP contribution in [0.4, 0.5) is 5.69 Å². The summed E-state index contributed by atoms with van der Waals surface area (Å²) in [7, 11) is -3.76. The Bertz CT molecular complexity index is 844. The number of amides is 1. The second kappa shape index (κ2) is 6.75. The highest BCUT2D eigenvalue weighted by atomic mass is 32.2. The lowest BCUT2D eigenvalue weighted by Gasteiger charge is -2.27. The van der Waals surface area contributed by atoms with Crippen LogP contribution in [0.1, 0.15) is 31.9 Å². The third kappa shape index (κ3) is 4.21. The van der Waals surface area contributed by atoms with Crippen molar-refractivity contribution in [3.05, 3.63) is 59.7 Å². The van der Waals surface area contributed by atoms with Crippen molar-refractivity contribution in [2.24, 2.45) is 0 Å². The molecule has 0 saturated carbocycles. The quantitative estimate of drug-likeness (QED) is 0.873. The lowest BCUT2D eigenvalue weighted by Crippen LogP contribution is -2.41. The average molecular weight is 346 g/mol. The number of aryl methyl sites for hydroxylation is 1. The Morgan fingerprint density at radius 2 is 1.67 bits per heavy atom. The van der Waals surface area contributed by atoms with Gasteiger partial charge in [0, 0.05) is 12.6 Å². The van der Waals surface area contributed by atoms with Crippen molar-refractivity contribution >= 4 is 21.6 Å². The fourth-order valence-electron chi connectivity index (χ4n) is 2.48. The molecule has 2 N–H and O–H groups in total. The van der Waals surface area contributed by atoms with Gasteiger partial charge in [0.2, 0.25) is 15.9 Å². The minimum Gasteiger partial charge on any atom is -0.326 e. The third-order valence-corrected chi connectivity index (χ3v) is 5.48. The second-order valence-electron chi connectivity index (χ2n) is 6.26. The minimum absolute atomic E-state index is 0.151. The minimum atomic E-state index is -3.76. The Morgan fingerprint density at radius 3 is 2.25 bits per heavy atom. The number of hydrogen-bond donors (Lipinski definition) is 2. The van der Waals surface area contributed by atoms with Crippen molar-refractivity contribution in [2.45, 2.75) is 38.1 Å². The number of nitrogens with one attached hydrogen (secondary N) is 2. The number of hydrogen-bond acceptors (Lipinski definition) is 3. The molecule has 5 nitrogen and oxygen atoms in total. The first-order chi connectivity index (χ1) is 11.1. The van der Waals surface area contributed by atoms with Crippen LogP contribution in [0.3, 0.4) is 0 Å². The molecule has 0 aliphatic carbocycles. The smallest absolute Gasteiger partial charge is 0.241 e. The van der Waals surface area contributed by atoms with E-state index in [1.807, 2.05) is 44.2 Å². The predicted molar refractivity (Wildman–Crippen MR) is 95.3 cm³/mol. The van der Waals surface area contributed by atoms with E-state index >= 15 is 0 Å². The molecule has 6 heteroatoms. The van der Waals surface area contributed by atoms with Crippen LogP contribution in [0.5, 0.6) is 0 Å². The van der Waals surface area contributed by atoms with Gasteiger partial charge in [0.25, 0.3) is 0 Å². The van der Waals surface area contributed by atoms with E-state index < -0.39 is 15.6 Å². The van der Waals surface area contributed by atoms with E-state index in [1.165, 1.54) is 13.0 Å². The molecule has 0 atom stereocenters. The molecule has 0 aliphatic rings. The van der Waals surface area contributed by atoms with E-state index in [-0.39, 0.29) is 10.8 Å². The van der Waals surface area contributed by atoms with Crippen LogP contribution < -0.4 is 10.0 Å². The SMILES string of the molecule is CC(=O)Nc1ccc(C)c(S(=O)(=O)NC(C)(C)c2ccccc2)c1. The van der Waals surface area contributed by atoms with Gasteiger partial charge < -0.3 is 5.32 Å². The maximum atomic E-state index is 12.9. The van der Waals surface area contributed by atoms with Crippen molar-refractivity contribution in [1.82, 2.24) is 4.72 Å². The normalized spacial score (nSPS) is 12.0. The predicted octanol–water partition coefficient (Wildman–Crippen LogP) is 3.17. The van der Waals surface area contributed by atoms with Crippen LogP contribution in [-0.4, -0.2) is 14.3 Å². The van der Waals surface area contributed by atoms with Gasteiger partial charge in [-0.05, 0) is 44.0 Å². The first kappa shape index (κ1) is 18.2. The maximum Gasteiger partial charge on any atom is 0.241 e. The topological polar surface area (TPSA) is 75.3 Å². The van der Waals surface area contributed by atoms with Crippen LogP contribution in [0.2, 0.25) is 0 Å². The summed E-state index contributed by atoms with van der Waals surface area (Å²) in [5.74, 6) is -0.250. The highest BCUT2D eigenvalue weighted by Gasteiger charge is 2.28. The highest BCUT2D eigenvalue weighted by molar-refractivity contribution is 7.89. The first-order valence-corrected chi connectivity index (χ1v) is 9.08. The third-order valence-electron chi connectivity index (χ3n) is 3.68. The summed E-state index contributed by atoms with van der Waals surface area (Å²) in [6.07, 6.45) is 0. The van der Waals surface area contributed by atoms with E-state index in [9.17, 15) is 13.2 Å². The van der Waals surface area contributed by atoms with Gasteiger partial charge in [0.15, 0.2) is 0 Å². The molecule has 0 aliphatic heterocycles. The van der Waals surface area contributed by atoms with Gasteiger partial charge >= 0.3 is 0 Å². The van der Waals surface area contributed by atoms with E-state index in [4.69, 9.17) is 0 Å². The maximum absolute atomic E-state index is 12.9. The van der Waals surface area contributed by atoms with E-state index in [0.717, 1.165) is 5.56 Å². The molecule has 24 heavy (non-hydrogen) atoms. The summed E-state index contributed by atoms with van der Waals surface area (Å²) in [6.45, 7) is 6.73. The molecular weight excluding hydrogens is 324 g/mol. The highest BCUT2D eigenvalue weighted by Crippen LogP contribution is 2.26. The molecule has 0 heterocycles. The molecule has 1 amide bonds. The Kier molecular flexibility index (Phi) is 5.11. The summed E-state index contributed by atoms with van der Waals surface area (Å²) in [5.41, 5.74) is 1.16. The van der Waals surface area contributed by atoms with Gasteiger partial charge in [-0.15, -0.1) is 0 Å². The fourth-order valence-corrected chi connectivity index (χ4v) is 4.15. The molecule has 0 unspecified atom stereocenters. The standard InChI is InChI=1S/C18H22N2O3S/c1-13-10-11-16(19-14(2)21)12-17(13)24(22,23)20-18(3,4)15-8-6-5-7-9-15/h5-12,20H,1-4H3,(H,19,21). The van der Waals surface area contributed by atoms with Crippen LogP contribution in [0, 0.1) is 6.92 Å². The van der Waals surface area contributed by atoms with Crippen LogP contribution in [0.25, 0.3) is 0 Å². The van der Waals surface area contributed by atoms with Crippen molar-refractivity contribution < 1.29 is 13.2 Å². The molecule has 2 aromatic rings. The van der Waals surface area contributed by atoms with Gasteiger partial charge in [0.05, 0.1) is 10.4 Å². The molecule has 0 aromatic heterocycles. The Balaban J connectivity index is 2.38. The van der Waals surface area contributed by atoms with Gasteiger partial charge in [-0.2, -0.15) is 0 Å². The summed E-state index contributed by atoms with van der Waals surface area (Å²) in [5, 5.41) is 2.61. The van der Waals surface area contributed by atoms with Gasteiger partial charge in [-0.25, -0.2) is 13.1 Å². The summed E-state index contributed by atoms with van der Waals surface area (Å²) in [4.78, 5) is 11.3. The molecule has 128 valence electrons. The molecule has 0 radical (unpaired) electrons. The lowest BCUT2D eigenvalue weighted by molar-refractivity contribution is -0.114. The Hall–Kier alpha value is -2.18. The number of carbonyl (C=O) groups excluding carboxylic acids is 1. The first-order valence-electron chi connectivity index (χ1n) is 7.59. The molecule has 0 spiro atoms.